The molecule has 2 aliphatic heterocycles. The van der Waals surface area contributed by atoms with E-state index in [4.69, 9.17) is 4.74 Å². The SMILES string of the molecule is Fc1ccccc1N1CCN(CC2CO2)CC1. The molecule has 92 valence electrons. The van der Waals surface area contributed by atoms with Crippen molar-refractivity contribution in [3.8, 4) is 0 Å². The Morgan fingerprint density at radius 3 is 2.53 bits per heavy atom. The van der Waals surface area contributed by atoms with Crippen molar-refractivity contribution < 1.29 is 9.13 Å². The monoisotopic (exact) mass is 236 g/mol. The van der Waals surface area contributed by atoms with Crippen molar-refractivity contribution in [1.82, 2.24) is 4.90 Å². The molecule has 3 rings (SSSR count). The molecule has 0 aromatic heterocycles. The quantitative estimate of drug-likeness (QED) is 0.738. The first-order valence-corrected chi connectivity index (χ1v) is 6.16. The van der Waals surface area contributed by atoms with Crippen molar-refractivity contribution in [3.63, 3.8) is 0 Å². The molecule has 0 bridgehead atoms. The van der Waals surface area contributed by atoms with Gasteiger partial charge in [0.15, 0.2) is 0 Å². The van der Waals surface area contributed by atoms with Gasteiger partial charge in [-0.1, -0.05) is 12.1 Å². The van der Waals surface area contributed by atoms with E-state index in [2.05, 4.69) is 9.80 Å². The summed E-state index contributed by atoms with van der Waals surface area (Å²) in [7, 11) is 0. The number of piperazine rings is 1. The van der Waals surface area contributed by atoms with Crippen LogP contribution in [-0.4, -0.2) is 50.3 Å². The molecule has 1 aromatic rings. The van der Waals surface area contributed by atoms with Crippen LogP contribution in [0.4, 0.5) is 10.1 Å². The van der Waals surface area contributed by atoms with E-state index in [0.717, 1.165) is 45.0 Å². The van der Waals surface area contributed by atoms with Crippen molar-refractivity contribution in [2.24, 2.45) is 0 Å². The van der Waals surface area contributed by atoms with Gasteiger partial charge in [0.05, 0.1) is 18.4 Å². The maximum atomic E-state index is 13.6. The molecule has 2 heterocycles. The predicted octanol–water partition coefficient (Wildman–Crippen LogP) is 1.35. The highest BCUT2D eigenvalue weighted by molar-refractivity contribution is 5.47. The third-order valence-corrected chi connectivity index (χ3v) is 3.43. The Morgan fingerprint density at radius 2 is 1.88 bits per heavy atom. The molecule has 0 N–H and O–H groups in total. The maximum absolute atomic E-state index is 13.6. The lowest BCUT2D eigenvalue weighted by atomic mass is 10.2. The van der Waals surface area contributed by atoms with E-state index in [1.807, 2.05) is 12.1 Å². The summed E-state index contributed by atoms with van der Waals surface area (Å²) in [5.41, 5.74) is 0.731. The van der Waals surface area contributed by atoms with Gasteiger partial charge in [0.25, 0.3) is 0 Å². The first-order chi connectivity index (χ1) is 8.33. The maximum Gasteiger partial charge on any atom is 0.146 e. The van der Waals surface area contributed by atoms with Gasteiger partial charge in [0.2, 0.25) is 0 Å². The number of ether oxygens (including phenoxy) is 1. The molecule has 2 aliphatic rings. The van der Waals surface area contributed by atoms with Gasteiger partial charge >= 0.3 is 0 Å². The van der Waals surface area contributed by atoms with Gasteiger partial charge in [-0.05, 0) is 12.1 Å². The molecule has 0 aliphatic carbocycles. The van der Waals surface area contributed by atoms with Crippen LogP contribution in [0, 0.1) is 5.82 Å². The van der Waals surface area contributed by atoms with Crippen molar-refractivity contribution in [2.75, 3.05) is 44.2 Å². The van der Waals surface area contributed by atoms with Crippen LogP contribution in [0.15, 0.2) is 24.3 Å². The van der Waals surface area contributed by atoms with Crippen molar-refractivity contribution in [3.05, 3.63) is 30.1 Å². The number of benzene rings is 1. The van der Waals surface area contributed by atoms with Crippen molar-refractivity contribution in [1.29, 1.82) is 0 Å². The largest absolute Gasteiger partial charge is 0.372 e. The van der Waals surface area contributed by atoms with E-state index in [-0.39, 0.29) is 5.82 Å². The van der Waals surface area contributed by atoms with Gasteiger partial charge in [0.1, 0.15) is 5.82 Å². The Morgan fingerprint density at radius 1 is 1.18 bits per heavy atom. The van der Waals surface area contributed by atoms with Crippen molar-refractivity contribution >= 4 is 5.69 Å². The number of hydrogen-bond acceptors (Lipinski definition) is 3. The minimum absolute atomic E-state index is 0.119. The number of epoxide rings is 1. The number of para-hydroxylation sites is 1. The second-order valence-corrected chi connectivity index (χ2v) is 4.69. The summed E-state index contributed by atoms with van der Waals surface area (Å²) < 4.78 is 18.8. The Kier molecular flexibility index (Phi) is 2.99. The summed E-state index contributed by atoms with van der Waals surface area (Å²) in [6, 6.07) is 7.01. The number of rotatable bonds is 3. The average molecular weight is 236 g/mol. The summed E-state index contributed by atoms with van der Waals surface area (Å²) in [6.45, 7) is 5.72. The average Bonchev–Trinajstić information content (AvgIpc) is 3.15. The molecule has 1 aromatic carbocycles. The molecule has 0 radical (unpaired) electrons. The van der Waals surface area contributed by atoms with Crippen LogP contribution in [0.3, 0.4) is 0 Å². The predicted molar refractivity (Wildman–Crippen MR) is 64.8 cm³/mol. The Bertz CT molecular complexity index is 387. The zero-order chi connectivity index (χ0) is 11.7. The molecular formula is C13H17FN2O. The normalized spacial score (nSPS) is 25.0. The highest BCUT2D eigenvalue weighted by Crippen LogP contribution is 2.20. The number of hydrogen-bond donors (Lipinski definition) is 0. The zero-order valence-electron chi connectivity index (χ0n) is 9.81. The summed E-state index contributed by atoms with van der Waals surface area (Å²) in [6.07, 6.45) is 0.454. The Labute approximate surface area is 101 Å². The molecule has 2 fully saturated rings. The van der Waals surface area contributed by atoms with Gasteiger partial charge in [0, 0.05) is 32.7 Å². The van der Waals surface area contributed by atoms with Crippen LogP contribution in [0.1, 0.15) is 0 Å². The van der Waals surface area contributed by atoms with E-state index in [9.17, 15) is 4.39 Å². The van der Waals surface area contributed by atoms with E-state index < -0.39 is 0 Å². The van der Waals surface area contributed by atoms with Crippen LogP contribution in [0.25, 0.3) is 0 Å². The van der Waals surface area contributed by atoms with Gasteiger partial charge in [-0.25, -0.2) is 4.39 Å². The summed E-state index contributed by atoms with van der Waals surface area (Å²) in [4.78, 5) is 4.52. The molecule has 17 heavy (non-hydrogen) atoms. The van der Waals surface area contributed by atoms with E-state index in [0.29, 0.717) is 6.10 Å². The molecule has 0 amide bonds. The van der Waals surface area contributed by atoms with E-state index in [1.165, 1.54) is 6.07 Å². The molecular weight excluding hydrogens is 219 g/mol. The van der Waals surface area contributed by atoms with Gasteiger partial charge in [-0.3, -0.25) is 4.90 Å². The van der Waals surface area contributed by atoms with Crippen LogP contribution in [-0.2, 0) is 4.74 Å². The summed E-state index contributed by atoms with van der Waals surface area (Å²) >= 11 is 0. The highest BCUT2D eigenvalue weighted by atomic mass is 19.1. The minimum Gasteiger partial charge on any atom is -0.372 e. The van der Waals surface area contributed by atoms with Crippen molar-refractivity contribution in [2.45, 2.75) is 6.10 Å². The topological polar surface area (TPSA) is 19.0 Å². The van der Waals surface area contributed by atoms with Gasteiger partial charge in [-0.2, -0.15) is 0 Å². The lowest BCUT2D eigenvalue weighted by Crippen LogP contribution is -2.47. The molecule has 0 spiro atoms. The zero-order valence-corrected chi connectivity index (χ0v) is 9.81. The Hall–Kier alpha value is -1.13. The molecule has 4 heteroatoms. The third kappa shape index (κ3) is 2.58. The number of nitrogens with zero attached hydrogens (tertiary/aromatic N) is 2. The number of anilines is 1. The first kappa shape index (κ1) is 11.0. The van der Waals surface area contributed by atoms with Crippen LogP contribution in [0.5, 0.6) is 0 Å². The van der Waals surface area contributed by atoms with Crippen LogP contribution >= 0.6 is 0 Å². The second kappa shape index (κ2) is 4.63. The molecule has 2 saturated heterocycles. The summed E-state index contributed by atoms with van der Waals surface area (Å²) in [5, 5.41) is 0. The van der Waals surface area contributed by atoms with E-state index in [1.54, 1.807) is 6.07 Å². The van der Waals surface area contributed by atoms with E-state index >= 15 is 0 Å². The van der Waals surface area contributed by atoms with Crippen LogP contribution in [0.2, 0.25) is 0 Å². The van der Waals surface area contributed by atoms with Gasteiger partial charge in [-0.15, -0.1) is 0 Å². The Balaban J connectivity index is 1.58. The third-order valence-electron chi connectivity index (χ3n) is 3.43. The lowest BCUT2D eigenvalue weighted by molar-refractivity contribution is 0.230. The summed E-state index contributed by atoms with van der Waals surface area (Å²) in [5.74, 6) is -0.119. The second-order valence-electron chi connectivity index (χ2n) is 4.69. The van der Waals surface area contributed by atoms with Gasteiger partial charge < -0.3 is 9.64 Å². The molecule has 0 saturated carbocycles. The lowest BCUT2D eigenvalue weighted by Gasteiger charge is -2.35. The fraction of sp³-hybridized carbons (Fsp3) is 0.538. The standard InChI is InChI=1S/C13H17FN2O/c14-12-3-1-2-4-13(12)16-7-5-15(6-8-16)9-11-10-17-11/h1-4,11H,5-10H2. The molecule has 1 unspecified atom stereocenters. The minimum atomic E-state index is -0.119. The fourth-order valence-corrected chi connectivity index (χ4v) is 2.34. The number of halogens is 1. The molecule has 3 nitrogen and oxygen atoms in total. The highest BCUT2D eigenvalue weighted by Gasteiger charge is 2.27. The first-order valence-electron chi connectivity index (χ1n) is 6.16. The van der Waals surface area contributed by atoms with Crippen LogP contribution < -0.4 is 4.90 Å². The molecule has 1 atom stereocenters. The fourth-order valence-electron chi connectivity index (χ4n) is 2.34. The smallest absolute Gasteiger partial charge is 0.146 e.